The van der Waals surface area contributed by atoms with Crippen LogP contribution < -0.4 is 15.0 Å². The van der Waals surface area contributed by atoms with Gasteiger partial charge < -0.3 is 14.5 Å². The highest BCUT2D eigenvalue weighted by atomic mass is 32.2. The molecule has 1 aliphatic carbocycles. The van der Waals surface area contributed by atoms with Crippen molar-refractivity contribution in [2.24, 2.45) is 11.0 Å². The predicted molar refractivity (Wildman–Crippen MR) is 194 cm³/mol. The number of hydrogen-bond acceptors (Lipinski definition) is 8. The Kier molecular flexibility index (Phi) is 9.13. The molecule has 1 aliphatic heterocycles. The summed E-state index contributed by atoms with van der Waals surface area (Å²) >= 11 is 2.61. The molecular formula is C38H35FN4O4S2. The lowest BCUT2D eigenvalue weighted by molar-refractivity contribution is -0.132. The fraction of sp³-hybridized carbons (Fsp3) is 0.263. The number of hydrogen-bond donors (Lipinski definition) is 1. The van der Waals surface area contributed by atoms with Crippen molar-refractivity contribution in [2.45, 2.75) is 49.6 Å². The Morgan fingerprint density at radius 1 is 1.04 bits per heavy atom. The van der Waals surface area contributed by atoms with Gasteiger partial charge in [0.2, 0.25) is 0 Å². The largest absolute Gasteiger partial charge is 0.497 e. The maximum Gasteiger partial charge on any atom is 0.260 e. The van der Waals surface area contributed by atoms with Crippen molar-refractivity contribution in [2.75, 3.05) is 14.2 Å². The number of H-pyrrole nitrogens is 1. The fourth-order valence-electron chi connectivity index (χ4n) is 6.74. The van der Waals surface area contributed by atoms with E-state index in [-0.39, 0.29) is 29.2 Å². The van der Waals surface area contributed by atoms with Crippen molar-refractivity contribution in [3.63, 3.8) is 0 Å². The minimum Gasteiger partial charge on any atom is -0.497 e. The van der Waals surface area contributed by atoms with Gasteiger partial charge in [-0.05, 0) is 97.8 Å². The molecule has 0 spiro atoms. The number of methoxy groups -OCH3 is 2. The van der Waals surface area contributed by atoms with E-state index in [4.69, 9.17) is 19.6 Å². The molecule has 2 aliphatic rings. The average Bonchev–Trinajstić information content (AvgIpc) is 3.67. The highest BCUT2D eigenvalue weighted by Crippen LogP contribution is 2.46. The zero-order valence-electron chi connectivity index (χ0n) is 27.5. The molecule has 0 bridgehead atoms. The van der Waals surface area contributed by atoms with E-state index in [0.717, 1.165) is 69.2 Å². The molecule has 250 valence electrons. The van der Waals surface area contributed by atoms with Crippen LogP contribution in [-0.2, 0) is 4.79 Å². The Hall–Kier alpha value is -4.74. The minimum atomic E-state index is -0.600. The second kappa shape index (κ2) is 13.6. The minimum absolute atomic E-state index is 0.0288. The molecule has 3 atom stereocenters. The van der Waals surface area contributed by atoms with Crippen LogP contribution in [0.25, 0.3) is 27.4 Å². The average molecular weight is 695 g/mol. The van der Waals surface area contributed by atoms with Crippen LogP contribution in [0.1, 0.15) is 48.2 Å². The smallest absolute Gasteiger partial charge is 0.260 e. The van der Waals surface area contributed by atoms with Crippen LogP contribution in [-0.4, -0.2) is 46.1 Å². The highest BCUT2D eigenvalue weighted by molar-refractivity contribution is 8.00. The van der Waals surface area contributed by atoms with E-state index in [0.29, 0.717) is 15.4 Å². The summed E-state index contributed by atoms with van der Waals surface area (Å²) in [5.41, 5.74) is 5.28. The standard InChI is InChI=1S/C38H35FN4O4S2/c1-21-31(24-10-14-27(39)15-11-24)32-35(44)40-38(41-36(32)48-21)49-22(2)37(45)43-34(25-12-18-29(47-4)19-13-25)30-7-5-6-26(33(30)42-43)20-23-8-16-28(46-3)17-9-23/h8-20,22,30,34H,5-7H2,1-4H3,(H,40,41,44)/b26-20-. The summed E-state index contributed by atoms with van der Waals surface area (Å²) in [5, 5.41) is 6.92. The van der Waals surface area contributed by atoms with Crippen molar-refractivity contribution in [3.8, 4) is 22.6 Å². The zero-order valence-corrected chi connectivity index (χ0v) is 29.2. The van der Waals surface area contributed by atoms with Crippen LogP contribution in [0.5, 0.6) is 11.5 Å². The molecule has 1 fully saturated rings. The number of halogens is 1. The van der Waals surface area contributed by atoms with E-state index in [1.54, 1.807) is 31.4 Å². The molecule has 1 saturated carbocycles. The molecule has 0 saturated heterocycles. The van der Waals surface area contributed by atoms with Crippen LogP contribution in [0, 0.1) is 18.7 Å². The third-order valence-electron chi connectivity index (χ3n) is 9.13. The van der Waals surface area contributed by atoms with E-state index in [1.807, 2.05) is 62.4 Å². The van der Waals surface area contributed by atoms with Gasteiger partial charge in [-0.3, -0.25) is 9.59 Å². The Morgan fingerprint density at radius 2 is 1.71 bits per heavy atom. The van der Waals surface area contributed by atoms with Crippen molar-refractivity contribution < 1.29 is 18.7 Å². The van der Waals surface area contributed by atoms with E-state index in [2.05, 4.69) is 11.1 Å². The normalized spacial score (nSPS) is 18.8. The molecule has 3 heterocycles. The number of carbonyl (C=O) groups is 1. The maximum atomic E-state index is 14.3. The first-order chi connectivity index (χ1) is 23.7. The Labute approximate surface area is 291 Å². The first-order valence-corrected chi connectivity index (χ1v) is 17.8. The zero-order chi connectivity index (χ0) is 34.2. The molecule has 1 N–H and O–H groups in total. The van der Waals surface area contributed by atoms with Gasteiger partial charge in [0.1, 0.15) is 22.1 Å². The molecule has 11 heteroatoms. The van der Waals surface area contributed by atoms with E-state index in [9.17, 15) is 14.0 Å². The van der Waals surface area contributed by atoms with Crippen LogP contribution in [0.2, 0.25) is 0 Å². The molecule has 5 aromatic rings. The third kappa shape index (κ3) is 6.40. The molecule has 3 aromatic carbocycles. The lowest BCUT2D eigenvalue weighted by atomic mass is 9.77. The summed E-state index contributed by atoms with van der Waals surface area (Å²) < 4.78 is 24.4. The number of benzene rings is 3. The first kappa shape index (κ1) is 32.8. The number of aromatic nitrogens is 2. The maximum absolute atomic E-state index is 14.3. The van der Waals surface area contributed by atoms with Gasteiger partial charge in [0.05, 0.1) is 36.6 Å². The van der Waals surface area contributed by atoms with Crippen LogP contribution in [0.15, 0.2) is 93.4 Å². The number of allylic oxidation sites excluding steroid dienone is 1. The third-order valence-corrected chi connectivity index (χ3v) is 11.1. The fourth-order valence-corrected chi connectivity index (χ4v) is 8.68. The molecule has 8 nitrogen and oxygen atoms in total. The van der Waals surface area contributed by atoms with E-state index in [1.165, 1.54) is 35.2 Å². The molecule has 7 rings (SSSR count). The van der Waals surface area contributed by atoms with Gasteiger partial charge in [0, 0.05) is 16.4 Å². The molecule has 49 heavy (non-hydrogen) atoms. The van der Waals surface area contributed by atoms with E-state index < -0.39 is 5.25 Å². The molecule has 2 aromatic heterocycles. The SMILES string of the molecule is COc1ccc(/C=C2/CCCC3C2=NN(C(=O)C(C)Sc2nc4sc(C)c(-c5ccc(F)cc5)c4c(=O)[nH]2)C3c2ccc(OC)cc2)cc1. The number of thioether (sulfide) groups is 1. The Morgan fingerprint density at radius 3 is 2.39 bits per heavy atom. The van der Waals surface area contributed by atoms with Gasteiger partial charge in [0.25, 0.3) is 11.5 Å². The molecule has 0 radical (unpaired) electrons. The van der Waals surface area contributed by atoms with Gasteiger partial charge in [-0.15, -0.1) is 11.3 Å². The summed E-state index contributed by atoms with van der Waals surface area (Å²) in [6.45, 7) is 3.74. The summed E-state index contributed by atoms with van der Waals surface area (Å²) in [4.78, 5) is 36.9. The molecule has 1 amide bonds. The topological polar surface area (TPSA) is 96.9 Å². The van der Waals surface area contributed by atoms with E-state index >= 15 is 0 Å². The summed E-state index contributed by atoms with van der Waals surface area (Å²) in [6.07, 6.45) is 4.92. The summed E-state index contributed by atoms with van der Waals surface area (Å²) in [6, 6.07) is 21.6. The quantitative estimate of drug-likeness (QED) is 0.129. The Bertz CT molecular complexity index is 2140. The van der Waals surface area contributed by atoms with Crippen LogP contribution in [0.3, 0.4) is 0 Å². The number of nitrogens with zero attached hydrogens (tertiary/aromatic N) is 3. The second-order valence-corrected chi connectivity index (χ2v) is 14.7. The van der Waals surface area contributed by atoms with Gasteiger partial charge in [0.15, 0.2) is 5.16 Å². The van der Waals surface area contributed by atoms with Gasteiger partial charge in [-0.1, -0.05) is 48.2 Å². The molecule has 3 unspecified atom stereocenters. The number of aryl methyl sites for hydroxylation is 1. The van der Waals surface area contributed by atoms with Crippen molar-refractivity contribution in [3.05, 3.63) is 111 Å². The second-order valence-electron chi connectivity index (χ2n) is 12.2. The van der Waals surface area contributed by atoms with Gasteiger partial charge in [-0.2, -0.15) is 5.10 Å². The van der Waals surface area contributed by atoms with Crippen LogP contribution >= 0.6 is 23.1 Å². The van der Waals surface area contributed by atoms with Crippen LogP contribution in [0.4, 0.5) is 4.39 Å². The molecular weight excluding hydrogens is 660 g/mol. The number of rotatable bonds is 8. The first-order valence-electron chi connectivity index (χ1n) is 16.1. The van der Waals surface area contributed by atoms with Gasteiger partial charge in [-0.25, -0.2) is 14.4 Å². The lowest BCUT2D eigenvalue weighted by Gasteiger charge is -2.30. The summed E-state index contributed by atoms with van der Waals surface area (Å²) in [7, 11) is 3.28. The number of aromatic amines is 1. The number of thiophene rings is 1. The van der Waals surface area contributed by atoms with Crippen molar-refractivity contribution >= 4 is 51.0 Å². The lowest BCUT2D eigenvalue weighted by Crippen LogP contribution is -2.36. The number of hydrazone groups is 1. The summed E-state index contributed by atoms with van der Waals surface area (Å²) in [5.74, 6) is 1.05. The monoisotopic (exact) mass is 694 g/mol. The number of ether oxygens (including phenoxy) is 2. The Balaban J connectivity index is 1.21. The number of amides is 1. The highest BCUT2D eigenvalue weighted by Gasteiger charge is 2.44. The number of nitrogens with one attached hydrogen (secondary N) is 1. The van der Waals surface area contributed by atoms with Crippen molar-refractivity contribution in [1.82, 2.24) is 15.0 Å². The van der Waals surface area contributed by atoms with Gasteiger partial charge >= 0.3 is 0 Å². The number of carbonyl (C=O) groups excluding carboxylic acids is 1. The number of fused-ring (bicyclic) bond motifs is 2. The predicted octanol–water partition coefficient (Wildman–Crippen LogP) is 8.42. The van der Waals surface area contributed by atoms with Crippen molar-refractivity contribution in [1.29, 1.82) is 0 Å².